The molecule has 1 amide bonds. The van der Waals surface area contributed by atoms with Gasteiger partial charge in [-0.05, 0) is 12.1 Å². The zero-order valence-corrected chi connectivity index (χ0v) is 9.74. The van der Waals surface area contributed by atoms with E-state index in [-0.39, 0.29) is 5.91 Å². The number of nitrogens with one attached hydrogen (secondary N) is 1. The number of nitrogens with zero attached hydrogens (tertiary/aromatic N) is 2. The Hall–Kier alpha value is -2.34. The number of nitrogen functional groups attached to an aromatic ring is 1. The van der Waals surface area contributed by atoms with Gasteiger partial charge in [-0.3, -0.25) is 10.2 Å². The molecule has 18 heavy (non-hydrogen) atoms. The van der Waals surface area contributed by atoms with Crippen molar-refractivity contribution in [3.05, 3.63) is 48.5 Å². The van der Waals surface area contributed by atoms with E-state index in [0.29, 0.717) is 24.5 Å². The molecule has 0 saturated carbocycles. The number of hydrogen-bond acceptors (Lipinski definition) is 4. The van der Waals surface area contributed by atoms with Crippen LogP contribution in [0.15, 0.2) is 43.0 Å². The quantitative estimate of drug-likeness (QED) is 0.459. The number of nitrogens with two attached hydrogens (primary N) is 1. The van der Waals surface area contributed by atoms with Crippen molar-refractivity contribution >= 4 is 5.91 Å². The fraction of sp³-hybridized carbons (Fsp3) is 0.167. The zero-order valence-electron chi connectivity index (χ0n) is 9.74. The summed E-state index contributed by atoms with van der Waals surface area (Å²) in [4.78, 5) is 15.4. The van der Waals surface area contributed by atoms with Crippen LogP contribution in [-0.4, -0.2) is 22.1 Å². The molecule has 1 heterocycles. The van der Waals surface area contributed by atoms with Gasteiger partial charge in [-0.15, -0.1) is 0 Å². The third-order valence-corrected chi connectivity index (χ3v) is 2.43. The lowest BCUT2D eigenvalue weighted by molar-refractivity contribution is 0.0949. The van der Waals surface area contributed by atoms with Gasteiger partial charge in [0, 0.05) is 12.4 Å². The van der Waals surface area contributed by atoms with Crippen LogP contribution < -0.4 is 16.0 Å². The van der Waals surface area contributed by atoms with Crippen LogP contribution in [0.2, 0.25) is 0 Å². The first kappa shape index (κ1) is 12.1. The number of para-hydroxylation sites is 1. The zero-order chi connectivity index (χ0) is 12.8. The van der Waals surface area contributed by atoms with E-state index >= 15 is 0 Å². The summed E-state index contributed by atoms with van der Waals surface area (Å²) in [6, 6.07) is 6.96. The number of imidazole rings is 1. The highest BCUT2D eigenvalue weighted by Gasteiger charge is 2.10. The molecule has 6 nitrogen and oxygen atoms in total. The second-order valence-electron chi connectivity index (χ2n) is 3.62. The van der Waals surface area contributed by atoms with Gasteiger partial charge in [-0.2, -0.15) is 0 Å². The lowest BCUT2D eigenvalue weighted by Gasteiger charge is -2.10. The van der Waals surface area contributed by atoms with E-state index in [0.717, 1.165) is 0 Å². The summed E-state index contributed by atoms with van der Waals surface area (Å²) in [5, 5.41) is 0. The fourth-order valence-electron chi connectivity index (χ4n) is 1.54. The normalized spacial score (nSPS) is 10.1. The highest BCUT2D eigenvalue weighted by Crippen LogP contribution is 2.17. The van der Waals surface area contributed by atoms with E-state index < -0.39 is 0 Å². The molecule has 2 rings (SSSR count). The molecule has 6 heteroatoms. The Morgan fingerprint density at radius 3 is 3.00 bits per heavy atom. The Morgan fingerprint density at radius 1 is 1.44 bits per heavy atom. The Kier molecular flexibility index (Phi) is 3.93. The molecule has 0 spiro atoms. The van der Waals surface area contributed by atoms with Gasteiger partial charge in [0.2, 0.25) is 0 Å². The minimum absolute atomic E-state index is 0.367. The lowest BCUT2D eigenvalue weighted by Crippen LogP contribution is -2.30. The van der Waals surface area contributed by atoms with E-state index in [9.17, 15) is 4.79 Å². The standard InChI is InChI=1S/C12H14N4O2/c13-15-12(17)10-3-1-2-4-11(10)18-8-7-16-6-5-14-9-16/h1-6,9H,7-8,13H2,(H,15,17). The van der Waals surface area contributed by atoms with Gasteiger partial charge in [0.05, 0.1) is 18.4 Å². The Labute approximate surface area is 104 Å². The van der Waals surface area contributed by atoms with Gasteiger partial charge in [-0.1, -0.05) is 12.1 Å². The Morgan fingerprint density at radius 2 is 2.28 bits per heavy atom. The van der Waals surface area contributed by atoms with Crippen molar-refractivity contribution < 1.29 is 9.53 Å². The predicted octanol–water partition coefficient (Wildman–Crippen LogP) is 0.566. The van der Waals surface area contributed by atoms with Crippen molar-refractivity contribution in [2.24, 2.45) is 5.84 Å². The molecule has 0 atom stereocenters. The second kappa shape index (κ2) is 5.83. The number of carbonyl (C=O) groups is 1. The molecule has 0 saturated heterocycles. The first-order chi connectivity index (χ1) is 8.81. The molecule has 0 fully saturated rings. The summed E-state index contributed by atoms with van der Waals surface area (Å²) in [5.74, 6) is 5.26. The van der Waals surface area contributed by atoms with Crippen molar-refractivity contribution in [2.75, 3.05) is 6.61 Å². The molecule has 0 radical (unpaired) electrons. The number of carbonyl (C=O) groups excluding carboxylic acids is 1. The largest absolute Gasteiger partial charge is 0.491 e. The van der Waals surface area contributed by atoms with Gasteiger partial charge in [-0.25, -0.2) is 10.8 Å². The number of hydrogen-bond donors (Lipinski definition) is 2. The highest BCUT2D eigenvalue weighted by atomic mass is 16.5. The predicted molar refractivity (Wildman–Crippen MR) is 65.8 cm³/mol. The van der Waals surface area contributed by atoms with Crippen LogP contribution in [0.5, 0.6) is 5.75 Å². The van der Waals surface area contributed by atoms with Crippen LogP contribution in [0, 0.1) is 0 Å². The van der Waals surface area contributed by atoms with Gasteiger partial charge in [0.25, 0.3) is 5.91 Å². The molecular formula is C12H14N4O2. The molecule has 94 valence electrons. The van der Waals surface area contributed by atoms with Crippen LogP contribution in [0.25, 0.3) is 0 Å². The number of amides is 1. The molecule has 1 aromatic carbocycles. The number of aromatic nitrogens is 2. The van der Waals surface area contributed by atoms with Crippen LogP contribution in [0.3, 0.4) is 0 Å². The number of ether oxygens (including phenoxy) is 1. The first-order valence-electron chi connectivity index (χ1n) is 5.50. The average molecular weight is 246 g/mol. The average Bonchev–Trinajstić information content (AvgIpc) is 2.92. The second-order valence-corrected chi connectivity index (χ2v) is 3.62. The molecule has 0 aliphatic rings. The van der Waals surface area contributed by atoms with Crippen molar-refractivity contribution in [3.8, 4) is 5.75 Å². The van der Waals surface area contributed by atoms with Crippen LogP contribution >= 0.6 is 0 Å². The molecule has 3 N–H and O–H groups in total. The number of hydrazine groups is 1. The molecule has 0 aliphatic heterocycles. The fourth-order valence-corrected chi connectivity index (χ4v) is 1.54. The van der Waals surface area contributed by atoms with Crippen molar-refractivity contribution in [2.45, 2.75) is 6.54 Å². The Balaban J connectivity index is 1.98. The highest BCUT2D eigenvalue weighted by molar-refractivity contribution is 5.96. The summed E-state index contributed by atoms with van der Waals surface area (Å²) >= 11 is 0. The van der Waals surface area contributed by atoms with Crippen LogP contribution in [0.4, 0.5) is 0 Å². The van der Waals surface area contributed by atoms with Crippen LogP contribution in [0.1, 0.15) is 10.4 Å². The van der Waals surface area contributed by atoms with E-state index in [1.807, 2.05) is 10.8 Å². The Bertz CT molecular complexity index is 511. The van der Waals surface area contributed by atoms with Crippen molar-refractivity contribution in [3.63, 3.8) is 0 Å². The minimum atomic E-state index is -0.367. The topological polar surface area (TPSA) is 82.2 Å². The first-order valence-corrected chi connectivity index (χ1v) is 5.50. The summed E-state index contributed by atoms with van der Waals surface area (Å²) in [5.41, 5.74) is 2.51. The van der Waals surface area contributed by atoms with Gasteiger partial charge in [0.1, 0.15) is 12.4 Å². The molecule has 0 aliphatic carbocycles. The molecular weight excluding hydrogens is 232 g/mol. The summed E-state index contributed by atoms with van der Waals surface area (Å²) in [6.07, 6.45) is 5.26. The SMILES string of the molecule is NNC(=O)c1ccccc1OCCn1ccnc1. The summed E-state index contributed by atoms with van der Waals surface area (Å²) < 4.78 is 7.46. The monoisotopic (exact) mass is 246 g/mol. The number of benzene rings is 1. The van der Waals surface area contributed by atoms with Crippen molar-refractivity contribution in [1.29, 1.82) is 0 Å². The third-order valence-electron chi connectivity index (χ3n) is 2.43. The maximum absolute atomic E-state index is 11.5. The molecule has 2 aromatic rings. The maximum Gasteiger partial charge on any atom is 0.268 e. The van der Waals surface area contributed by atoms with E-state index in [2.05, 4.69) is 10.4 Å². The van der Waals surface area contributed by atoms with E-state index in [4.69, 9.17) is 10.6 Å². The maximum atomic E-state index is 11.5. The molecule has 0 unspecified atom stereocenters. The molecule has 0 bridgehead atoms. The minimum Gasteiger partial charge on any atom is -0.491 e. The van der Waals surface area contributed by atoms with Gasteiger partial charge < -0.3 is 9.30 Å². The summed E-state index contributed by atoms with van der Waals surface area (Å²) in [6.45, 7) is 1.11. The smallest absolute Gasteiger partial charge is 0.268 e. The van der Waals surface area contributed by atoms with E-state index in [1.165, 1.54) is 0 Å². The van der Waals surface area contributed by atoms with Crippen LogP contribution in [-0.2, 0) is 6.54 Å². The van der Waals surface area contributed by atoms with Gasteiger partial charge >= 0.3 is 0 Å². The van der Waals surface area contributed by atoms with Gasteiger partial charge in [0.15, 0.2) is 0 Å². The van der Waals surface area contributed by atoms with E-state index in [1.54, 1.807) is 36.8 Å². The summed E-state index contributed by atoms with van der Waals surface area (Å²) in [7, 11) is 0. The number of rotatable bonds is 5. The third kappa shape index (κ3) is 2.86. The van der Waals surface area contributed by atoms with Crippen molar-refractivity contribution in [1.82, 2.24) is 15.0 Å². The molecule has 1 aromatic heterocycles. The lowest BCUT2D eigenvalue weighted by atomic mass is 10.2.